The molecule has 1 atom stereocenters. The summed E-state index contributed by atoms with van der Waals surface area (Å²) in [4.78, 5) is 4.30. The van der Waals surface area contributed by atoms with Crippen molar-refractivity contribution in [3.63, 3.8) is 0 Å². The molecule has 1 heterocycles. The van der Waals surface area contributed by atoms with Gasteiger partial charge in [-0.25, -0.2) is 0 Å². The second kappa shape index (κ2) is 6.89. The molecule has 0 spiro atoms. The van der Waals surface area contributed by atoms with Crippen LogP contribution in [0.15, 0.2) is 34.9 Å². The van der Waals surface area contributed by atoms with Crippen LogP contribution in [-0.2, 0) is 13.0 Å². The molecule has 0 aliphatic carbocycles. The van der Waals surface area contributed by atoms with E-state index in [4.69, 9.17) is 9.26 Å². The Morgan fingerprint density at radius 3 is 2.84 bits per heavy atom. The quantitative estimate of drug-likeness (QED) is 0.828. The average molecular weight is 261 g/mol. The maximum atomic E-state index is 5.55. The zero-order valence-electron chi connectivity index (χ0n) is 11.3. The minimum absolute atomic E-state index is 0.328. The van der Waals surface area contributed by atoms with E-state index in [2.05, 4.69) is 22.4 Å². The van der Waals surface area contributed by atoms with Crippen LogP contribution >= 0.6 is 0 Å². The molecular weight excluding hydrogens is 242 g/mol. The Morgan fingerprint density at radius 1 is 1.32 bits per heavy atom. The van der Waals surface area contributed by atoms with Crippen molar-refractivity contribution in [2.75, 3.05) is 7.05 Å². The van der Waals surface area contributed by atoms with Crippen molar-refractivity contribution in [2.24, 2.45) is 0 Å². The molecule has 0 aliphatic rings. The van der Waals surface area contributed by atoms with Crippen molar-refractivity contribution in [1.29, 1.82) is 0 Å². The van der Waals surface area contributed by atoms with Crippen LogP contribution in [0.3, 0.4) is 0 Å². The zero-order valence-corrected chi connectivity index (χ0v) is 11.3. The summed E-state index contributed by atoms with van der Waals surface area (Å²) in [5.74, 6) is 2.04. The van der Waals surface area contributed by atoms with Gasteiger partial charge in [-0.1, -0.05) is 23.4 Å². The summed E-state index contributed by atoms with van der Waals surface area (Å²) >= 11 is 0. The Labute approximate surface area is 113 Å². The summed E-state index contributed by atoms with van der Waals surface area (Å²) in [7, 11) is 1.94. The standard InChI is InChI=1S/C14H19N3O2/c1-11(15-2)8-9-14-16-13(17-19-14)10-18-12-6-4-3-5-7-12/h3-7,11,15H,8-10H2,1-2H3. The molecule has 1 aromatic carbocycles. The highest BCUT2D eigenvalue weighted by Gasteiger charge is 2.08. The van der Waals surface area contributed by atoms with Gasteiger partial charge in [0.1, 0.15) is 5.75 Å². The zero-order chi connectivity index (χ0) is 13.5. The molecule has 2 aromatic rings. The molecule has 2 rings (SSSR count). The molecule has 0 saturated heterocycles. The van der Waals surface area contributed by atoms with Crippen LogP contribution in [0.4, 0.5) is 0 Å². The number of hydrogen-bond donors (Lipinski definition) is 1. The van der Waals surface area contributed by atoms with Crippen molar-refractivity contribution < 1.29 is 9.26 Å². The van der Waals surface area contributed by atoms with Gasteiger partial charge in [-0.05, 0) is 32.5 Å². The molecule has 0 aliphatic heterocycles. The molecule has 5 heteroatoms. The Bertz CT molecular complexity index is 484. The lowest BCUT2D eigenvalue weighted by Gasteiger charge is -2.06. The summed E-state index contributed by atoms with van der Waals surface area (Å²) in [5, 5.41) is 7.08. The van der Waals surface area contributed by atoms with Crippen LogP contribution in [0.2, 0.25) is 0 Å². The predicted octanol–water partition coefficient (Wildman–Crippen LogP) is 2.19. The average Bonchev–Trinajstić information content (AvgIpc) is 2.91. The molecule has 1 N–H and O–H groups in total. The molecule has 0 fully saturated rings. The molecule has 0 radical (unpaired) electrons. The molecule has 0 saturated carbocycles. The lowest BCUT2D eigenvalue weighted by atomic mass is 10.2. The highest BCUT2D eigenvalue weighted by atomic mass is 16.5. The van der Waals surface area contributed by atoms with Gasteiger partial charge >= 0.3 is 0 Å². The Hall–Kier alpha value is -1.88. The number of rotatable bonds is 7. The van der Waals surface area contributed by atoms with Gasteiger partial charge in [0.15, 0.2) is 6.61 Å². The second-order valence-electron chi connectivity index (χ2n) is 4.43. The second-order valence-corrected chi connectivity index (χ2v) is 4.43. The number of nitrogens with zero attached hydrogens (tertiary/aromatic N) is 2. The first-order valence-corrected chi connectivity index (χ1v) is 6.44. The molecule has 0 amide bonds. The highest BCUT2D eigenvalue weighted by molar-refractivity contribution is 5.20. The minimum Gasteiger partial charge on any atom is -0.485 e. The Morgan fingerprint density at radius 2 is 2.11 bits per heavy atom. The third kappa shape index (κ3) is 4.37. The number of aromatic nitrogens is 2. The minimum atomic E-state index is 0.328. The van der Waals surface area contributed by atoms with Crippen LogP contribution in [-0.4, -0.2) is 23.2 Å². The van der Waals surface area contributed by atoms with Crippen LogP contribution in [0, 0.1) is 0 Å². The van der Waals surface area contributed by atoms with Crippen molar-refractivity contribution in [1.82, 2.24) is 15.5 Å². The van der Waals surface area contributed by atoms with Gasteiger partial charge in [-0.15, -0.1) is 0 Å². The van der Waals surface area contributed by atoms with Gasteiger partial charge in [0.2, 0.25) is 11.7 Å². The van der Waals surface area contributed by atoms with E-state index in [1.54, 1.807) is 0 Å². The van der Waals surface area contributed by atoms with Crippen LogP contribution in [0.5, 0.6) is 5.75 Å². The lowest BCUT2D eigenvalue weighted by Crippen LogP contribution is -2.21. The molecule has 1 aromatic heterocycles. The summed E-state index contributed by atoms with van der Waals surface area (Å²) in [6.07, 6.45) is 1.75. The number of nitrogens with one attached hydrogen (secondary N) is 1. The fourth-order valence-corrected chi connectivity index (χ4v) is 1.60. The van der Waals surface area contributed by atoms with Gasteiger partial charge in [0.25, 0.3) is 0 Å². The highest BCUT2D eigenvalue weighted by Crippen LogP contribution is 2.11. The van der Waals surface area contributed by atoms with Crippen LogP contribution in [0.1, 0.15) is 25.1 Å². The molecule has 1 unspecified atom stereocenters. The molecule has 102 valence electrons. The maximum absolute atomic E-state index is 5.55. The van der Waals surface area contributed by atoms with E-state index >= 15 is 0 Å². The van der Waals surface area contributed by atoms with Gasteiger partial charge in [0, 0.05) is 12.5 Å². The number of aryl methyl sites for hydroxylation is 1. The largest absolute Gasteiger partial charge is 0.485 e. The topological polar surface area (TPSA) is 60.2 Å². The van der Waals surface area contributed by atoms with Gasteiger partial charge in [-0.3, -0.25) is 0 Å². The summed E-state index contributed by atoms with van der Waals surface area (Å²) in [6.45, 7) is 2.45. The van der Waals surface area contributed by atoms with E-state index in [0.717, 1.165) is 18.6 Å². The first kappa shape index (κ1) is 13.5. The van der Waals surface area contributed by atoms with E-state index < -0.39 is 0 Å². The molecule has 19 heavy (non-hydrogen) atoms. The first-order valence-electron chi connectivity index (χ1n) is 6.44. The smallest absolute Gasteiger partial charge is 0.226 e. The Balaban J connectivity index is 1.81. The van der Waals surface area contributed by atoms with Gasteiger partial charge in [-0.2, -0.15) is 4.98 Å². The van der Waals surface area contributed by atoms with Crippen LogP contribution < -0.4 is 10.1 Å². The van der Waals surface area contributed by atoms with E-state index in [1.165, 1.54) is 0 Å². The Kier molecular flexibility index (Phi) is 4.92. The van der Waals surface area contributed by atoms with Crippen molar-refractivity contribution in [2.45, 2.75) is 32.4 Å². The van der Waals surface area contributed by atoms with Crippen LogP contribution in [0.25, 0.3) is 0 Å². The summed E-state index contributed by atoms with van der Waals surface area (Å²) < 4.78 is 10.7. The predicted molar refractivity (Wildman–Crippen MR) is 71.9 cm³/mol. The van der Waals surface area contributed by atoms with Gasteiger partial charge in [0.05, 0.1) is 0 Å². The fourth-order valence-electron chi connectivity index (χ4n) is 1.60. The number of ether oxygens (including phenoxy) is 1. The SMILES string of the molecule is CNC(C)CCc1nc(COc2ccccc2)no1. The third-order valence-electron chi connectivity index (χ3n) is 2.91. The molecule has 5 nitrogen and oxygen atoms in total. The monoisotopic (exact) mass is 261 g/mol. The van der Waals surface area contributed by atoms with E-state index in [0.29, 0.717) is 24.4 Å². The maximum Gasteiger partial charge on any atom is 0.226 e. The summed E-state index contributed by atoms with van der Waals surface area (Å²) in [5.41, 5.74) is 0. The molecular formula is C14H19N3O2. The first-order chi connectivity index (χ1) is 9.28. The normalized spacial score (nSPS) is 12.3. The number of para-hydroxylation sites is 1. The van der Waals surface area contributed by atoms with E-state index in [-0.39, 0.29) is 0 Å². The fraction of sp³-hybridized carbons (Fsp3) is 0.429. The lowest BCUT2D eigenvalue weighted by molar-refractivity contribution is 0.285. The van der Waals surface area contributed by atoms with E-state index in [9.17, 15) is 0 Å². The number of benzene rings is 1. The van der Waals surface area contributed by atoms with Crippen molar-refractivity contribution in [3.8, 4) is 5.75 Å². The van der Waals surface area contributed by atoms with E-state index in [1.807, 2.05) is 37.4 Å². The third-order valence-corrected chi connectivity index (χ3v) is 2.91. The summed E-state index contributed by atoms with van der Waals surface area (Å²) in [6, 6.07) is 10.0. The number of hydrogen-bond acceptors (Lipinski definition) is 5. The van der Waals surface area contributed by atoms with Crippen molar-refractivity contribution in [3.05, 3.63) is 42.0 Å². The van der Waals surface area contributed by atoms with Crippen molar-refractivity contribution >= 4 is 0 Å². The molecule has 0 bridgehead atoms. The van der Waals surface area contributed by atoms with Gasteiger partial charge < -0.3 is 14.6 Å².